The Labute approximate surface area is 322 Å². The number of benzene rings is 2. The molecule has 2 amide bonds. The molecule has 1 aliphatic rings. The van der Waals surface area contributed by atoms with Gasteiger partial charge in [0.25, 0.3) is 5.91 Å². The highest BCUT2D eigenvalue weighted by Crippen LogP contribution is 2.46. The van der Waals surface area contributed by atoms with E-state index in [-0.39, 0.29) is 13.0 Å². The molecular weight excluding hydrogens is 740 g/mol. The standard InChI is InChI=1S/C38H44N2O14S/c1-8-17-49-28-13-11-27(12-14-28)18-32(45)39-20-31(52-25(5)43)35(53-26(6)44)36-34(40-33(46)21-50-23(3)41)30(51-24(4)42)19-38(54-36,37(47)48-7)55-29-15-9-22(2)10-16-29/h1,9-16,30-31,34-36H,17-21H2,2-7H3,(H,39,45)(H,40,46)/t30-,31+,34+,35+,36+,38+/m0/s1. The number of esters is 5. The third kappa shape index (κ3) is 13.6. The zero-order chi connectivity index (χ0) is 40.7. The zero-order valence-electron chi connectivity index (χ0n) is 31.2. The van der Waals surface area contributed by atoms with Crippen LogP contribution in [0.2, 0.25) is 0 Å². The van der Waals surface area contributed by atoms with Gasteiger partial charge < -0.3 is 43.8 Å². The molecule has 2 aromatic carbocycles. The SMILES string of the molecule is C#CCOc1ccc(CC(=O)NC[C@@H](OC(C)=O)[C@@H](OC(C)=O)[C@@H]2O[C@](Sc3ccc(C)cc3)(C(=O)OC)C[C@H](OC(C)=O)[C@H]2NC(=O)COC(C)=O)cc1. The number of rotatable bonds is 17. The van der Waals surface area contributed by atoms with Crippen LogP contribution in [0.4, 0.5) is 0 Å². The molecule has 16 nitrogen and oxygen atoms in total. The number of aryl methyl sites for hydroxylation is 1. The Balaban J connectivity index is 2.11. The van der Waals surface area contributed by atoms with Crippen LogP contribution in [0.5, 0.6) is 5.75 Å². The van der Waals surface area contributed by atoms with E-state index >= 15 is 0 Å². The fourth-order valence-electron chi connectivity index (χ4n) is 5.58. The summed E-state index contributed by atoms with van der Waals surface area (Å²) in [5, 5.41) is 5.26. The van der Waals surface area contributed by atoms with Crippen LogP contribution in [0.1, 0.15) is 45.2 Å². The van der Waals surface area contributed by atoms with E-state index in [1.807, 2.05) is 6.92 Å². The number of ether oxygens (including phenoxy) is 7. The third-order valence-electron chi connectivity index (χ3n) is 7.82. The molecule has 1 saturated heterocycles. The summed E-state index contributed by atoms with van der Waals surface area (Å²) in [7, 11) is 1.12. The molecule has 0 aliphatic carbocycles. The van der Waals surface area contributed by atoms with Gasteiger partial charge in [-0.3, -0.25) is 28.8 Å². The van der Waals surface area contributed by atoms with E-state index in [0.29, 0.717) is 16.2 Å². The Morgan fingerprint density at radius 3 is 2.13 bits per heavy atom. The monoisotopic (exact) mass is 784 g/mol. The van der Waals surface area contributed by atoms with Crippen LogP contribution >= 0.6 is 11.8 Å². The summed E-state index contributed by atoms with van der Waals surface area (Å²) in [5.74, 6) is -2.81. The van der Waals surface area contributed by atoms with Crippen molar-refractivity contribution in [1.29, 1.82) is 0 Å². The molecule has 0 unspecified atom stereocenters. The quantitative estimate of drug-likeness (QED) is 0.134. The molecule has 55 heavy (non-hydrogen) atoms. The Hall–Kier alpha value is -5.60. The van der Waals surface area contributed by atoms with Crippen molar-refractivity contribution in [3.8, 4) is 18.1 Å². The van der Waals surface area contributed by atoms with E-state index in [0.717, 1.165) is 52.1 Å². The summed E-state index contributed by atoms with van der Waals surface area (Å²) in [6.07, 6.45) is -1.53. The molecule has 17 heteroatoms. The van der Waals surface area contributed by atoms with Gasteiger partial charge in [0, 0.05) is 39.0 Å². The van der Waals surface area contributed by atoms with E-state index in [2.05, 4.69) is 16.6 Å². The number of nitrogens with one attached hydrogen (secondary N) is 2. The second-order valence-electron chi connectivity index (χ2n) is 12.3. The Morgan fingerprint density at radius 2 is 1.56 bits per heavy atom. The molecule has 296 valence electrons. The number of terminal acetylenes is 1. The lowest BCUT2D eigenvalue weighted by Gasteiger charge is -2.48. The lowest BCUT2D eigenvalue weighted by atomic mass is 9.89. The van der Waals surface area contributed by atoms with Crippen molar-refractivity contribution in [2.75, 3.05) is 26.9 Å². The molecule has 6 atom stereocenters. The van der Waals surface area contributed by atoms with Gasteiger partial charge in [-0.1, -0.05) is 47.5 Å². The van der Waals surface area contributed by atoms with E-state index in [4.69, 9.17) is 39.6 Å². The number of methoxy groups -OCH3 is 1. The first kappa shape index (κ1) is 43.8. The van der Waals surface area contributed by atoms with Gasteiger partial charge in [0.2, 0.25) is 10.8 Å². The summed E-state index contributed by atoms with van der Waals surface area (Å²) in [6.45, 7) is 5.05. The van der Waals surface area contributed by atoms with Gasteiger partial charge in [-0.05, 0) is 36.8 Å². The molecule has 0 radical (unpaired) electrons. The predicted molar refractivity (Wildman–Crippen MR) is 194 cm³/mol. The maximum atomic E-state index is 13.8. The highest BCUT2D eigenvalue weighted by Gasteiger charge is 2.59. The second-order valence-corrected chi connectivity index (χ2v) is 13.6. The summed E-state index contributed by atoms with van der Waals surface area (Å²) < 4.78 is 38.9. The minimum atomic E-state index is -2.02. The molecule has 0 saturated carbocycles. The van der Waals surface area contributed by atoms with Crippen LogP contribution in [-0.4, -0.2) is 104 Å². The molecule has 2 N–H and O–H groups in total. The van der Waals surface area contributed by atoms with Crippen molar-refractivity contribution in [3.05, 3.63) is 59.7 Å². The van der Waals surface area contributed by atoms with Gasteiger partial charge in [0.1, 0.15) is 24.6 Å². The second kappa shape index (κ2) is 20.7. The minimum Gasteiger partial charge on any atom is -0.481 e. The first-order valence-electron chi connectivity index (χ1n) is 16.9. The molecule has 3 rings (SSSR count). The molecule has 0 spiro atoms. The van der Waals surface area contributed by atoms with Gasteiger partial charge >= 0.3 is 29.8 Å². The van der Waals surface area contributed by atoms with Crippen LogP contribution in [-0.2, 0) is 68.4 Å². The summed E-state index contributed by atoms with van der Waals surface area (Å²) in [5.41, 5.74) is 1.51. The summed E-state index contributed by atoms with van der Waals surface area (Å²) in [6, 6.07) is 12.2. The minimum absolute atomic E-state index is 0.0648. The molecular formula is C38H44N2O14S. The average Bonchev–Trinajstić information content (AvgIpc) is 3.12. The molecule has 2 aromatic rings. The Kier molecular flexibility index (Phi) is 16.5. The summed E-state index contributed by atoms with van der Waals surface area (Å²) >= 11 is 0.903. The average molecular weight is 785 g/mol. The Morgan fingerprint density at radius 1 is 0.909 bits per heavy atom. The fourth-order valence-corrected chi connectivity index (χ4v) is 6.81. The van der Waals surface area contributed by atoms with Crippen molar-refractivity contribution >= 4 is 53.4 Å². The van der Waals surface area contributed by atoms with E-state index in [1.54, 1.807) is 48.5 Å². The van der Waals surface area contributed by atoms with Crippen LogP contribution in [0.3, 0.4) is 0 Å². The molecule has 1 heterocycles. The van der Waals surface area contributed by atoms with Crippen LogP contribution < -0.4 is 15.4 Å². The first-order chi connectivity index (χ1) is 26.0. The zero-order valence-corrected chi connectivity index (χ0v) is 32.1. The van der Waals surface area contributed by atoms with Gasteiger partial charge in [-0.25, -0.2) is 4.79 Å². The highest BCUT2D eigenvalue weighted by molar-refractivity contribution is 8.01. The van der Waals surface area contributed by atoms with Crippen LogP contribution in [0.25, 0.3) is 0 Å². The van der Waals surface area contributed by atoms with Crippen molar-refractivity contribution in [3.63, 3.8) is 0 Å². The van der Waals surface area contributed by atoms with Gasteiger partial charge in [0.05, 0.1) is 26.1 Å². The fraction of sp³-hybridized carbons (Fsp3) is 0.447. The normalized spacial score (nSPS) is 19.9. The molecule has 1 fully saturated rings. The number of thioether (sulfide) groups is 1. The molecule has 1 aliphatic heterocycles. The lowest BCUT2D eigenvalue weighted by Crippen LogP contribution is -2.68. The van der Waals surface area contributed by atoms with Gasteiger partial charge in [0.15, 0.2) is 18.8 Å². The third-order valence-corrected chi connectivity index (χ3v) is 9.09. The van der Waals surface area contributed by atoms with Gasteiger partial charge in [-0.15, -0.1) is 6.42 Å². The van der Waals surface area contributed by atoms with Crippen molar-refractivity contribution in [1.82, 2.24) is 10.6 Å². The number of amides is 2. The topological polar surface area (TPSA) is 208 Å². The maximum absolute atomic E-state index is 13.8. The highest BCUT2D eigenvalue weighted by atomic mass is 32.2. The van der Waals surface area contributed by atoms with Crippen molar-refractivity contribution in [2.24, 2.45) is 0 Å². The number of hydrogen-bond acceptors (Lipinski definition) is 15. The predicted octanol–water partition coefficient (Wildman–Crippen LogP) is 1.96. The number of hydrogen-bond donors (Lipinski definition) is 2. The van der Waals surface area contributed by atoms with Crippen molar-refractivity contribution in [2.45, 2.75) is 87.7 Å². The molecule has 0 aromatic heterocycles. The van der Waals surface area contributed by atoms with Crippen LogP contribution in [0, 0.1) is 19.3 Å². The maximum Gasteiger partial charge on any atom is 0.349 e. The van der Waals surface area contributed by atoms with Crippen molar-refractivity contribution < 1.29 is 66.7 Å². The van der Waals surface area contributed by atoms with Crippen LogP contribution in [0.15, 0.2) is 53.4 Å². The lowest BCUT2D eigenvalue weighted by molar-refractivity contribution is -0.221. The smallest absolute Gasteiger partial charge is 0.349 e. The number of carbonyl (C=O) groups excluding carboxylic acids is 7. The van der Waals surface area contributed by atoms with Gasteiger partial charge in [-0.2, -0.15) is 0 Å². The largest absolute Gasteiger partial charge is 0.481 e. The number of carbonyl (C=O) groups is 7. The van der Waals surface area contributed by atoms with E-state index < -0.39 is 96.6 Å². The first-order valence-corrected chi connectivity index (χ1v) is 17.8. The molecule has 0 bridgehead atoms. The summed E-state index contributed by atoms with van der Waals surface area (Å²) in [4.78, 5) is 88.0. The Bertz CT molecular complexity index is 1740. The van der Waals surface area contributed by atoms with E-state index in [1.165, 1.54) is 0 Å². The van der Waals surface area contributed by atoms with E-state index in [9.17, 15) is 33.6 Å².